The summed E-state index contributed by atoms with van der Waals surface area (Å²) in [7, 11) is 1.64. The van der Waals surface area contributed by atoms with E-state index in [0.717, 1.165) is 24.2 Å². The molecule has 7 heteroatoms. The van der Waals surface area contributed by atoms with Crippen molar-refractivity contribution in [3.8, 4) is 5.75 Å². The number of benzene rings is 1. The Morgan fingerprint density at radius 1 is 1.42 bits per heavy atom. The van der Waals surface area contributed by atoms with Gasteiger partial charge < -0.3 is 25.4 Å². The van der Waals surface area contributed by atoms with Crippen LogP contribution in [0.3, 0.4) is 0 Å². The first kappa shape index (κ1) is 17.9. The second-order valence-electron chi connectivity index (χ2n) is 5.66. The van der Waals surface area contributed by atoms with E-state index in [9.17, 15) is 4.79 Å². The Hall–Kier alpha value is -2.44. The standard InChI is InChI=1S/C17H26N4O3/c1-3-24-17(22)21-9-7-14(8-10-21)20-16(18)19-12-13-5-4-6-15(11-13)23-2/h4-6,11,14H,3,7-10,12H2,1-2H3,(H3,18,19,20). The van der Waals surface area contributed by atoms with Crippen molar-refractivity contribution < 1.29 is 14.3 Å². The van der Waals surface area contributed by atoms with Crippen LogP contribution in [0.15, 0.2) is 29.3 Å². The van der Waals surface area contributed by atoms with Crippen molar-refractivity contribution in [2.75, 3.05) is 26.8 Å². The van der Waals surface area contributed by atoms with Gasteiger partial charge in [0, 0.05) is 19.1 Å². The van der Waals surface area contributed by atoms with Gasteiger partial charge in [-0.1, -0.05) is 12.1 Å². The monoisotopic (exact) mass is 334 g/mol. The maximum absolute atomic E-state index is 11.7. The normalized spacial score (nSPS) is 15.9. The molecule has 0 bridgehead atoms. The Morgan fingerprint density at radius 3 is 2.83 bits per heavy atom. The molecule has 1 aromatic carbocycles. The second-order valence-corrected chi connectivity index (χ2v) is 5.66. The molecule has 0 atom stereocenters. The summed E-state index contributed by atoms with van der Waals surface area (Å²) in [6, 6.07) is 7.97. The summed E-state index contributed by atoms with van der Waals surface area (Å²) < 4.78 is 10.2. The average Bonchev–Trinajstić information content (AvgIpc) is 2.61. The van der Waals surface area contributed by atoms with Crippen LogP contribution >= 0.6 is 0 Å². The first-order valence-electron chi connectivity index (χ1n) is 8.23. The van der Waals surface area contributed by atoms with Crippen LogP contribution in [0, 0.1) is 0 Å². The molecule has 24 heavy (non-hydrogen) atoms. The van der Waals surface area contributed by atoms with E-state index < -0.39 is 0 Å². The lowest BCUT2D eigenvalue weighted by atomic mass is 10.1. The zero-order chi connectivity index (χ0) is 17.4. The molecular weight excluding hydrogens is 308 g/mol. The molecule has 0 radical (unpaired) electrons. The zero-order valence-corrected chi connectivity index (χ0v) is 14.3. The minimum Gasteiger partial charge on any atom is -0.497 e. The number of ether oxygens (including phenoxy) is 2. The fourth-order valence-corrected chi connectivity index (χ4v) is 2.62. The number of carbonyl (C=O) groups is 1. The fourth-order valence-electron chi connectivity index (χ4n) is 2.62. The number of hydrogen-bond donors (Lipinski definition) is 2. The SMILES string of the molecule is CCOC(=O)N1CCC(NC(N)=NCc2cccc(OC)c2)CC1. The van der Waals surface area contributed by atoms with Crippen molar-refractivity contribution in [1.82, 2.24) is 10.2 Å². The molecule has 0 spiro atoms. The van der Waals surface area contributed by atoms with E-state index in [-0.39, 0.29) is 12.1 Å². The molecule has 0 unspecified atom stereocenters. The molecule has 1 aliphatic rings. The summed E-state index contributed by atoms with van der Waals surface area (Å²) in [6.07, 6.45) is 1.41. The van der Waals surface area contributed by atoms with Gasteiger partial charge in [0.15, 0.2) is 5.96 Å². The van der Waals surface area contributed by atoms with Crippen LogP contribution in [0.5, 0.6) is 5.75 Å². The van der Waals surface area contributed by atoms with Gasteiger partial charge >= 0.3 is 6.09 Å². The van der Waals surface area contributed by atoms with Gasteiger partial charge in [-0.2, -0.15) is 0 Å². The quantitative estimate of drug-likeness (QED) is 0.632. The van der Waals surface area contributed by atoms with E-state index in [1.807, 2.05) is 31.2 Å². The molecule has 1 fully saturated rings. The topological polar surface area (TPSA) is 89.2 Å². The molecule has 1 aromatic rings. The van der Waals surface area contributed by atoms with Crippen LogP contribution in [-0.2, 0) is 11.3 Å². The van der Waals surface area contributed by atoms with Crippen molar-refractivity contribution in [2.45, 2.75) is 32.4 Å². The minimum atomic E-state index is -0.240. The molecule has 1 heterocycles. The van der Waals surface area contributed by atoms with Crippen molar-refractivity contribution in [1.29, 1.82) is 0 Å². The minimum absolute atomic E-state index is 0.227. The summed E-state index contributed by atoms with van der Waals surface area (Å²) in [5.41, 5.74) is 7.01. The van der Waals surface area contributed by atoms with Crippen molar-refractivity contribution >= 4 is 12.1 Å². The van der Waals surface area contributed by atoms with Gasteiger partial charge in [0.25, 0.3) is 0 Å². The number of hydrogen-bond acceptors (Lipinski definition) is 4. The molecule has 132 valence electrons. The summed E-state index contributed by atoms with van der Waals surface area (Å²) in [5, 5.41) is 3.23. The van der Waals surface area contributed by atoms with Crippen LogP contribution in [0.1, 0.15) is 25.3 Å². The van der Waals surface area contributed by atoms with Gasteiger partial charge in [-0.05, 0) is 37.5 Å². The Balaban J connectivity index is 1.78. The van der Waals surface area contributed by atoms with Gasteiger partial charge in [0.1, 0.15) is 5.75 Å². The number of nitrogens with two attached hydrogens (primary N) is 1. The molecule has 2 rings (SSSR count). The van der Waals surface area contributed by atoms with E-state index in [0.29, 0.717) is 32.2 Å². The fraction of sp³-hybridized carbons (Fsp3) is 0.529. The number of likely N-dealkylation sites (tertiary alicyclic amines) is 1. The number of piperidine rings is 1. The van der Waals surface area contributed by atoms with Crippen molar-refractivity contribution in [3.05, 3.63) is 29.8 Å². The molecule has 1 saturated heterocycles. The van der Waals surface area contributed by atoms with Gasteiger partial charge in [-0.15, -0.1) is 0 Å². The van der Waals surface area contributed by atoms with Gasteiger partial charge in [-0.3, -0.25) is 0 Å². The van der Waals surface area contributed by atoms with Crippen molar-refractivity contribution in [2.24, 2.45) is 10.7 Å². The molecule has 0 aromatic heterocycles. The first-order valence-corrected chi connectivity index (χ1v) is 8.23. The highest BCUT2D eigenvalue weighted by atomic mass is 16.6. The highest BCUT2D eigenvalue weighted by Crippen LogP contribution is 2.14. The smallest absolute Gasteiger partial charge is 0.409 e. The Bertz CT molecular complexity index is 569. The number of aliphatic imine (C=N–C) groups is 1. The Kier molecular flexibility index (Phi) is 6.72. The summed E-state index contributed by atoms with van der Waals surface area (Å²) in [5.74, 6) is 1.23. The third-order valence-electron chi connectivity index (χ3n) is 3.94. The lowest BCUT2D eigenvalue weighted by Crippen LogP contribution is -2.48. The van der Waals surface area contributed by atoms with Gasteiger partial charge in [-0.25, -0.2) is 9.79 Å². The predicted molar refractivity (Wildman–Crippen MR) is 93.1 cm³/mol. The van der Waals surface area contributed by atoms with E-state index in [1.54, 1.807) is 12.0 Å². The van der Waals surface area contributed by atoms with E-state index in [2.05, 4.69) is 10.3 Å². The average molecular weight is 334 g/mol. The molecule has 1 aliphatic heterocycles. The van der Waals surface area contributed by atoms with E-state index in [4.69, 9.17) is 15.2 Å². The Morgan fingerprint density at radius 2 is 2.17 bits per heavy atom. The third-order valence-corrected chi connectivity index (χ3v) is 3.94. The molecule has 0 saturated carbocycles. The van der Waals surface area contributed by atoms with E-state index in [1.165, 1.54) is 0 Å². The lowest BCUT2D eigenvalue weighted by Gasteiger charge is -2.31. The summed E-state index contributed by atoms with van der Waals surface area (Å²) >= 11 is 0. The van der Waals surface area contributed by atoms with Gasteiger partial charge in [0.05, 0.1) is 20.3 Å². The highest BCUT2D eigenvalue weighted by Gasteiger charge is 2.23. The molecular formula is C17H26N4O3. The van der Waals surface area contributed by atoms with Crippen LogP contribution in [-0.4, -0.2) is 49.8 Å². The van der Waals surface area contributed by atoms with Crippen LogP contribution in [0.25, 0.3) is 0 Å². The number of guanidine groups is 1. The van der Waals surface area contributed by atoms with Crippen molar-refractivity contribution in [3.63, 3.8) is 0 Å². The van der Waals surface area contributed by atoms with E-state index >= 15 is 0 Å². The molecule has 7 nitrogen and oxygen atoms in total. The van der Waals surface area contributed by atoms with Crippen LogP contribution in [0.4, 0.5) is 4.79 Å². The third kappa shape index (κ3) is 5.33. The molecule has 0 aliphatic carbocycles. The maximum atomic E-state index is 11.7. The second kappa shape index (κ2) is 9.00. The number of carbonyl (C=O) groups excluding carboxylic acids is 1. The number of methoxy groups -OCH3 is 1. The predicted octanol–water partition coefficient (Wildman–Crippen LogP) is 1.72. The number of amides is 1. The molecule has 3 N–H and O–H groups in total. The number of nitrogens with zero attached hydrogens (tertiary/aromatic N) is 2. The largest absolute Gasteiger partial charge is 0.497 e. The van der Waals surface area contributed by atoms with Crippen LogP contribution in [0.2, 0.25) is 0 Å². The zero-order valence-electron chi connectivity index (χ0n) is 14.3. The maximum Gasteiger partial charge on any atom is 0.409 e. The first-order chi connectivity index (χ1) is 11.6. The summed E-state index contributed by atoms with van der Waals surface area (Å²) in [4.78, 5) is 17.8. The Labute approximate surface area is 142 Å². The summed E-state index contributed by atoms with van der Waals surface area (Å²) in [6.45, 7) is 4.05. The lowest BCUT2D eigenvalue weighted by molar-refractivity contribution is 0.0963. The highest BCUT2D eigenvalue weighted by molar-refractivity contribution is 5.78. The van der Waals surface area contributed by atoms with Gasteiger partial charge in [0.2, 0.25) is 0 Å². The number of rotatable bonds is 5. The van der Waals surface area contributed by atoms with Crippen LogP contribution < -0.4 is 15.8 Å². The number of nitrogens with one attached hydrogen (secondary N) is 1. The molecule has 1 amide bonds.